The molecule has 1 fully saturated rings. The first kappa shape index (κ1) is 15.2. The van der Waals surface area contributed by atoms with Crippen LogP contribution in [-0.4, -0.2) is 35.5 Å². The van der Waals surface area contributed by atoms with Crippen molar-refractivity contribution in [3.8, 4) is 0 Å². The first-order valence-corrected chi connectivity index (χ1v) is 7.24. The molecule has 5 nitrogen and oxygen atoms in total. The van der Waals surface area contributed by atoms with E-state index >= 15 is 0 Å². The molecule has 0 spiro atoms. The van der Waals surface area contributed by atoms with E-state index in [1.54, 1.807) is 4.90 Å². The first-order chi connectivity index (χ1) is 10.1. The fraction of sp³-hybridized carbons (Fsp3) is 0.438. The van der Waals surface area contributed by atoms with Crippen molar-refractivity contribution in [2.75, 3.05) is 6.54 Å². The molecular formula is C16H21N3O2. The van der Waals surface area contributed by atoms with Gasteiger partial charge in [-0.2, -0.15) is 0 Å². The molecule has 0 saturated carbocycles. The van der Waals surface area contributed by atoms with Gasteiger partial charge >= 0.3 is 0 Å². The summed E-state index contributed by atoms with van der Waals surface area (Å²) in [7, 11) is 0. The molecule has 1 atom stereocenters. The number of rotatable bonds is 5. The Morgan fingerprint density at radius 2 is 2.10 bits per heavy atom. The Morgan fingerprint density at radius 3 is 2.76 bits per heavy atom. The summed E-state index contributed by atoms with van der Waals surface area (Å²) in [6.45, 7) is 2.67. The third-order valence-electron chi connectivity index (χ3n) is 3.68. The Labute approximate surface area is 124 Å². The first-order valence-electron chi connectivity index (χ1n) is 7.24. The number of aldehydes is 1. The zero-order valence-corrected chi connectivity index (χ0v) is 12.3. The van der Waals surface area contributed by atoms with Gasteiger partial charge in [0.05, 0.1) is 11.7 Å². The van der Waals surface area contributed by atoms with E-state index in [4.69, 9.17) is 5.73 Å². The number of amidine groups is 1. The van der Waals surface area contributed by atoms with E-state index < -0.39 is 0 Å². The minimum atomic E-state index is -0.257. The van der Waals surface area contributed by atoms with Crippen molar-refractivity contribution in [3.05, 3.63) is 29.8 Å². The van der Waals surface area contributed by atoms with Crippen LogP contribution in [0, 0.1) is 6.92 Å². The Kier molecular flexibility index (Phi) is 5.09. The van der Waals surface area contributed by atoms with Gasteiger partial charge in [-0.3, -0.25) is 4.79 Å². The SMILES string of the molecule is Cc1ccc(N=C(N)CCC(=O)N2CCC[C@H]2C=O)cc1. The van der Waals surface area contributed by atoms with Crippen LogP contribution in [0.15, 0.2) is 29.3 Å². The molecule has 0 aromatic heterocycles. The second kappa shape index (κ2) is 7.02. The molecule has 1 aliphatic heterocycles. The second-order valence-electron chi connectivity index (χ2n) is 5.37. The van der Waals surface area contributed by atoms with Gasteiger partial charge in [0.25, 0.3) is 0 Å². The van der Waals surface area contributed by atoms with Crippen LogP contribution in [0.1, 0.15) is 31.2 Å². The summed E-state index contributed by atoms with van der Waals surface area (Å²) in [4.78, 5) is 28.9. The van der Waals surface area contributed by atoms with Crippen LogP contribution in [-0.2, 0) is 9.59 Å². The summed E-state index contributed by atoms with van der Waals surface area (Å²) in [5, 5.41) is 0. The molecule has 2 N–H and O–H groups in total. The maximum absolute atomic E-state index is 12.1. The molecule has 2 rings (SSSR count). The fourth-order valence-corrected chi connectivity index (χ4v) is 2.46. The Hall–Kier alpha value is -2.17. The predicted octanol–water partition coefficient (Wildman–Crippen LogP) is 1.95. The Balaban J connectivity index is 1.88. The van der Waals surface area contributed by atoms with E-state index in [-0.39, 0.29) is 11.9 Å². The Morgan fingerprint density at radius 1 is 1.38 bits per heavy atom. The van der Waals surface area contributed by atoms with Crippen LogP contribution in [0.2, 0.25) is 0 Å². The molecule has 0 aliphatic carbocycles. The van der Waals surface area contributed by atoms with Crippen molar-refractivity contribution in [1.29, 1.82) is 0 Å². The smallest absolute Gasteiger partial charge is 0.223 e. The highest BCUT2D eigenvalue weighted by Crippen LogP contribution is 2.17. The molecule has 0 radical (unpaired) electrons. The topological polar surface area (TPSA) is 75.8 Å². The van der Waals surface area contributed by atoms with Crippen molar-refractivity contribution in [1.82, 2.24) is 4.90 Å². The summed E-state index contributed by atoms with van der Waals surface area (Å²) >= 11 is 0. The van der Waals surface area contributed by atoms with Gasteiger partial charge in [0.15, 0.2) is 0 Å². The van der Waals surface area contributed by atoms with Gasteiger partial charge in [-0.25, -0.2) is 4.99 Å². The van der Waals surface area contributed by atoms with Crippen LogP contribution < -0.4 is 5.73 Å². The quantitative estimate of drug-likeness (QED) is 0.511. The molecule has 1 amide bonds. The number of carbonyl (C=O) groups excluding carboxylic acids is 2. The van der Waals surface area contributed by atoms with Crippen LogP contribution in [0.3, 0.4) is 0 Å². The normalized spacial score (nSPS) is 18.8. The lowest BCUT2D eigenvalue weighted by Crippen LogP contribution is -2.36. The molecule has 1 aromatic carbocycles. The van der Waals surface area contributed by atoms with E-state index in [0.29, 0.717) is 25.2 Å². The van der Waals surface area contributed by atoms with Crippen molar-refractivity contribution >= 4 is 23.7 Å². The van der Waals surface area contributed by atoms with Gasteiger partial charge < -0.3 is 15.4 Å². The number of hydrogen-bond acceptors (Lipinski definition) is 3. The standard InChI is InChI=1S/C16H21N3O2/c1-12-4-6-13(7-5-12)18-15(17)8-9-16(21)19-10-2-3-14(19)11-20/h4-7,11,14H,2-3,8-10H2,1H3,(H2,17,18)/t14-/m0/s1. The van der Waals surface area contributed by atoms with Gasteiger partial charge in [0, 0.05) is 19.4 Å². The fourth-order valence-electron chi connectivity index (χ4n) is 2.46. The minimum absolute atomic E-state index is 0.0216. The maximum atomic E-state index is 12.1. The number of benzene rings is 1. The van der Waals surface area contributed by atoms with Gasteiger partial charge in [0.1, 0.15) is 12.1 Å². The number of aliphatic imine (C=N–C) groups is 1. The molecular weight excluding hydrogens is 266 g/mol. The van der Waals surface area contributed by atoms with Crippen molar-refractivity contribution < 1.29 is 9.59 Å². The highest BCUT2D eigenvalue weighted by atomic mass is 16.2. The predicted molar refractivity (Wildman–Crippen MR) is 82.5 cm³/mol. The average molecular weight is 287 g/mol. The maximum Gasteiger partial charge on any atom is 0.223 e. The summed E-state index contributed by atoms with van der Waals surface area (Å²) < 4.78 is 0. The molecule has 1 heterocycles. The lowest BCUT2D eigenvalue weighted by Gasteiger charge is -2.20. The van der Waals surface area contributed by atoms with E-state index in [0.717, 1.165) is 30.4 Å². The van der Waals surface area contributed by atoms with Crippen LogP contribution in [0.5, 0.6) is 0 Å². The van der Waals surface area contributed by atoms with Crippen molar-refractivity contribution in [2.45, 2.75) is 38.6 Å². The average Bonchev–Trinajstić information content (AvgIpc) is 2.96. The number of hydrogen-bond donors (Lipinski definition) is 1. The largest absolute Gasteiger partial charge is 0.387 e. The van der Waals surface area contributed by atoms with Crippen LogP contribution >= 0.6 is 0 Å². The molecule has 0 unspecified atom stereocenters. The second-order valence-corrected chi connectivity index (χ2v) is 5.37. The number of amides is 1. The van der Waals surface area contributed by atoms with E-state index in [1.807, 2.05) is 31.2 Å². The van der Waals surface area contributed by atoms with E-state index in [2.05, 4.69) is 4.99 Å². The minimum Gasteiger partial charge on any atom is -0.387 e. The molecule has 21 heavy (non-hydrogen) atoms. The summed E-state index contributed by atoms with van der Waals surface area (Å²) in [5.74, 6) is 0.417. The lowest BCUT2D eigenvalue weighted by atomic mass is 10.2. The third-order valence-corrected chi connectivity index (χ3v) is 3.68. The van der Waals surface area contributed by atoms with Crippen molar-refractivity contribution in [2.24, 2.45) is 10.7 Å². The molecule has 5 heteroatoms. The molecule has 0 bridgehead atoms. The zero-order valence-electron chi connectivity index (χ0n) is 12.3. The highest BCUT2D eigenvalue weighted by Gasteiger charge is 2.27. The number of nitrogens with two attached hydrogens (primary N) is 1. The number of aryl methyl sites for hydroxylation is 1. The highest BCUT2D eigenvalue weighted by molar-refractivity contribution is 5.88. The van der Waals surface area contributed by atoms with E-state index in [9.17, 15) is 9.59 Å². The van der Waals surface area contributed by atoms with Crippen LogP contribution in [0.25, 0.3) is 0 Å². The summed E-state index contributed by atoms with van der Waals surface area (Å²) in [5.41, 5.74) is 7.82. The molecule has 1 aromatic rings. The van der Waals surface area contributed by atoms with Gasteiger partial charge in [0.2, 0.25) is 5.91 Å². The van der Waals surface area contributed by atoms with E-state index in [1.165, 1.54) is 0 Å². The summed E-state index contributed by atoms with van der Waals surface area (Å²) in [6, 6.07) is 7.47. The van der Waals surface area contributed by atoms with Gasteiger partial charge in [-0.05, 0) is 31.9 Å². The Bertz CT molecular complexity index is 537. The van der Waals surface area contributed by atoms with Crippen LogP contribution in [0.4, 0.5) is 5.69 Å². The van der Waals surface area contributed by atoms with Gasteiger partial charge in [-0.15, -0.1) is 0 Å². The third kappa shape index (κ3) is 4.15. The van der Waals surface area contributed by atoms with Gasteiger partial charge in [-0.1, -0.05) is 17.7 Å². The molecule has 1 saturated heterocycles. The number of nitrogens with zero attached hydrogens (tertiary/aromatic N) is 2. The lowest BCUT2D eigenvalue weighted by molar-refractivity contribution is -0.134. The van der Waals surface area contributed by atoms with Crippen molar-refractivity contribution in [3.63, 3.8) is 0 Å². The number of carbonyl (C=O) groups is 2. The molecule has 1 aliphatic rings. The monoisotopic (exact) mass is 287 g/mol. The summed E-state index contributed by atoms with van der Waals surface area (Å²) in [6.07, 6.45) is 3.22. The number of likely N-dealkylation sites (tertiary alicyclic amines) is 1. The molecule has 112 valence electrons. The zero-order chi connectivity index (χ0) is 15.2.